The van der Waals surface area contributed by atoms with Crippen LogP contribution in [-0.2, 0) is 9.53 Å². The summed E-state index contributed by atoms with van der Waals surface area (Å²) in [4.78, 5) is 37.9. The van der Waals surface area contributed by atoms with Crippen LogP contribution in [0.3, 0.4) is 0 Å². The van der Waals surface area contributed by atoms with Gasteiger partial charge >= 0.3 is 11.9 Å². The second-order valence-electron chi connectivity index (χ2n) is 6.98. The molecule has 7 nitrogen and oxygen atoms in total. The Balaban J connectivity index is 1.75. The van der Waals surface area contributed by atoms with Gasteiger partial charge in [0.15, 0.2) is 0 Å². The molecular weight excluding hydrogens is 391 g/mol. The average molecular weight is 414 g/mol. The van der Waals surface area contributed by atoms with Gasteiger partial charge in [0, 0.05) is 18.8 Å². The Kier molecular flexibility index (Phi) is 6.66. The highest BCUT2D eigenvalue weighted by atomic mass is 19.1. The van der Waals surface area contributed by atoms with Crippen LogP contribution >= 0.6 is 0 Å². The molecule has 3 rings (SSSR count). The Hall–Kier alpha value is -3.42. The van der Waals surface area contributed by atoms with Crippen LogP contribution in [0.2, 0.25) is 0 Å². The Labute approximate surface area is 173 Å². The van der Waals surface area contributed by atoms with Gasteiger partial charge in [0.1, 0.15) is 5.82 Å². The van der Waals surface area contributed by atoms with Gasteiger partial charge in [-0.3, -0.25) is 9.59 Å². The first kappa shape index (κ1) is 21.3. The van der Waals surface area contributed by atoms with Crippen molar-refractivity contribution in [1.29, 1.82) is 0 Å². The van der Waals surface area contributed by atoms with Gasteiger partial charge in [-0.25, -0.2) is 9.18 Å². The predicted octanol–water partition coefficient (Wildman–Crippen LogP) is 3.56. The summed E-state index contributed by atoms with van der Waals surface area (Å²) in [5, 5.41) is 12.2. The van der Waals surface area contributed by atoms with Crippen molar-refractivity contribution < 1.29 is 28.6 Å². The predicted molar refractivity (Wildman–Crippen MR) is 109 cm³/mol. The SMILES string of the molecule is CCOC(=O)C1CCN(c2ccc(NC(=O)c3ccccc3F)cc2C(=O)O)CC1. The molecule has 1 aliphatic heterocycles. The smallest absolute Gasteiger partial charge is 0.337 e. The van der Waals surface area contributed by atoms with E-state index >= 15 is 0 Å². The molecule has 0 atom stereocenters. The Morgan fingerprint density at radius 2 is 1.83 bits per heavy atom. The number of carbonyl (C=O) groups excluding carboxylic acids is 2. The first-order chi connectivity index (χ1) is 14.4. The number of rotatable bonds is 6. The molecule has 0 spiro atoms. The molecule has 0 unspecified atom stereocenters. The van der Waals surface area contributed by atoms with Crippen molar-refractivity contribution in [2.45, 2.75) is 19.8 Å². The third-order valence-electron chi connectivity index (χ3n) is 5.06. The first-order valence-corrected chi connectivity index (χ1v) is 9.75. The Morgan fingerprint density at radius 1 is 1.13 bits per heavy atom. The summed E-state index contributed by atoms with van der Waals surface area (Å²) < 4.78 is 18.9. The number of carboxylic acids is 1. The zero-order chi connectivity index (χ0) is 21.7. The molecule has 2 aromatic carbocycles. The number of aromatic carboxylic acids is 1. The molecule has 1 amide bonds. The van der Waals surface area contributed by atoms with Crippen LogP contribution in [0.15, 0.2) is 42.5 Å². The highest BCUT2D eigenvalue weighted by Crippen LogP contribution is 2.29. The van der Waals surface area contributed by atoms with Crippen molar-refractivity contribution in [3.8, 4) is 0 Å². The van der Waals surface area contributed by atoms with Gasteiger partial charge < -0.3 is 20.1 Å². The third kappa shape index (κ3) is 4.76. The summed E-state index contributed by atoms with van der Waals surface area (Å²) in [5.74, 6) is -2.86. The number of esters is 1. The van der Waals surface area contributed by atoms with Crippen LogP contribution in [0, 0.1) is 11.7 Å². The summed E-state index contributed by atoms with van der Waals surface area (Å²) in [6.45, 7) is 3.14. The van der Waals surface area contributed by atoms with Crippen molar-refractivity contribution in [3.63, 3.8) is 0 Å². The van der Waals surface area contributed by atoms with E-state index in [1.807, 2.05) is 4.90 Å². The molecule has 0 saturated carbocycles. The molecular formula is C22H23FN2O5. The lowest BCUT2D eigenvalue weighted by Gasteiger charge is -2.33. The molecule has 0 aromatic heterocycles. The molecule has 8 heteroatoms. The van der Waals surface area contributed by atoms with E-state index in [-0.39, 0.29) is 28.7 Å². The number of hydrogen-bond acceptors (Lipinski definition) is 5. The topological polar surface area (TPSA) is 95.9 Å². The van der Waals surface area contributed by atoms with Crippen LogP contribution < -0.4 is 10.2 Å². The molecule has 2 N–H and O–H groups in total. The number of carbonyl (C=O) groups is 3. The molecule has 0 bridgehead atoms. The number of piperidine rings is 1. The Bertz CT molecular complexity index is 954. The maximum atomic E-state index is 13.8. The molecule has 1 aliphatic rings. The average Bonchev–Trinajstić information content (AvgIpc) is 2.74. The number of hydrogen-bond donors (Lipinski definition) is 2. The maximum Gasteiger partial charge on any atom is 0.337 e. The summed E-state index contributed by atoms with van der Waals surface area (Å²) in [6.07, 6.45) is 1.15. The van der Waals surface area contributed by atoms with Crippen LogP contribution in [0.5, 0.6) is 0 Å². The molecule has 158 valence electrons. The van der Waals surface area contributed by atoms with Gasteiger partial charge in [0.2, 0.25) is 0 Å². The maximum absolute atomic E-state index is 13.8. The van der Waals surface area contributed by atoms with Crippen molar-refractivity contribution in [1.82, 2.24) is 0 Å². The number of nitrogens with zero attached hydrogens (tertiary/aromatic N) is 1. The lowest BCUT2D eigenvalue weighted by Crippen LogP contribution is -2.37. The number of nitrogens with one attached hydrogen (secondary N) is 1. The molecule has 1 saturated heterocycles. The van der Waals surface area contributed by atoms with Gasteiger partial charge in [-0.15, -0.1) is 0 Å². The highest BCUT2D eigenvalue weighted by Gasteiger charge is 2.28. The normalized spacial score (nSPS) is 14.3. The van der Waals surface area contributed by atoms with Crippen LogP contribution in [-0.4, -0.2) is 42.6 Å². The quantitative estimate of drug-likeness (QED) is 0.702. The molecule has 0 aliphatic carbocycles. The van der Waals surface area contributed by atoms with Crippen LogP contribution in [0.25, 0.3) is 0 Å². The van der Waals surface area contributed by atoms with Crippen molar-refractivity contribution >= 4 is 29.2 Å². The largest absolute Gasteiger partial charge is 0.478 e. The van der Waals surface area contributed by atoms with Gasteiger partial charge in [0.25, 0.3) is 5.91 Å². The second-order valence-corrected chi connectivity index (χ2v) is 6.98. The van der Waals surface area contributed by atoms with Gasteiger partial charge in [-0.2, -0.15) is 0 Å². The fourth-order valence-electron chi connectivity index (χ4n) is 3.52. The van der Waals surface area contributed by atoms with Gasteiger partial charge in [-0.05, 0) is 50.1 Å². The minimum Gasteiger partial charge on any atom is -0.478 e. The zero-order valence-corrected chi connectivity index (χ0v) is 16.6. The number of carboxylic acid groups (broad SMARTS) is 1. The highest BCUT2D eigenvalue weighted by molar-refractivity contribution is 6.05. The monoisotopic (exact) mass is 414 g/mol. The number of benzene rings is 2. The standard InChI is InChI=1S/C22H23FN2O5/c1-2-30-22(29)14-9-11-25(12-10-14)19-8-7-15(13-17(19)21(27)28)24-20(26)16-5-3-4-6-18(16)23/h3-8,13-14H,2,9-12H2,1H3,(H,24,26)(H,27,28). The van der Waals surface area contributed by atoms with E-state index in [0.717, 1.165) is 0 Å². The molecule has 2 aromatic rings. The minimum absolute atomic E-state index is 0.0240. The minimum atomic E-state index is -1.14. The lowest BCUT2D eigenvalue weighted by atomic mass is 9.96. The molecule has 1 heterocycles. The molecule has 30 heavy (non-hydrogen) atoms. The van der Waals surface area contributed by atoms with Gasteiger partial charge in [-0.1, -0.05) is 12.1 Å². The summed E-state index contributed by atoms with van der Waals surface area (Å²) in [7, 11) is 0. The van der Waals surface area contributed by atoms with Crippen LogP contribution in [0.1, 0.15) is 40.5 Å². The summed E-state index contributed by atoms with van der Waals surface area (Å²) in [5.41, 5.74) is 0.662. The first-order valence-electron chi connectivity index (χ1n) is 9.75. The zero-order valence-electron chi connectivity index (χ0n) is 16.6. The molecule has 1 fully saturated rings. The van der Waals surface area contributed by atoms with Crippen LogP contribution in [0.4, 0.5) is 15.8 Å². The van der Waals surface area contributed by atoms with E-state index in [9.17, 15) is 23.9 Å². The number of amides is 1. The van der Waals surface area contributed by atoms with E-state index in [1.165, 1.54) is 24.3 Å². The van der Waals surface area contributed by atoms with Gasteiger partial charge in [0.05, 0.1) is 29.3 Å². The van der Waals surface area contributed by atoms with Crippen molar-refractivity contribution in [2.24, 2.45) is 5.92 Å². The Morgan fingerprint density at radius 3 is 2.47 bits per heavy atom. The van der Waals surface area contributed by atoms with E-state index in [0.29, 0.717) is 38.2 Å². The second kappa shape index (κ2) is 9.39. The van der Waals surface area contributed by atoms with Crippen molar-refractivity contribution in [2.75, 3.05) is 29.9 Å². The lowest BCUT2D eigenvalue weighted by molar-refractivity contribution is -0.148. The van der Waals surface area contributed by atoms with E-state index < -0.39 is 17.7 Å². The number of halogens is 1. The number of ether oxygens (including phenoxy) is 1. The third-order valence-corrected chi connectivity index (χ3v) is 5.06. The van der Waals surface area contributed by atoms with Crippen molar-refractivity contribution in [3.05, 3.63) is 59.4 Å². The number of anilines is 2. The van der Waals surface area contributed by atoms with E-state index in [4.69, 9.17) is 4.74 Å². The van der Waals surface area contributed by atoms with E-state index in [2.05, 4.69) is 5.32 Å². The molecule has 0 radical (unpaired) electrons. The fourth-order valence-corrected chi connectivity index (χ4v) is 3.52. The summed E-state index contributed by atoms with van der Waals surface area (Å²) in [6, 6.07) is 10.1. The summed E-state index contributed by atoms with van der Waals surface area (Å²) >= 11 is 0. The fraction of sp³-hybridized carbons (Fsp3) is 0.318. The van der Waals surface area contributed by atoms with E-state index in [1.54, 1.807) is 25.1 Å².